The van der Waals surface area contributed by atoms with E-state index < -0.39 is 0 Å². The lowest BCUT2D eigenvalue weighted by atomic mass is 9.91. The normalized spacial score (nSPS) is 25.1. The highest BCUT2D eigenvalue weighted by molar-refractivity contribution is 7.09. The maximum absolute atomic E-state index is 4.81. The molecule has 1 unspecified atom stereocenters. The summed E-state index contributed by atoms with van der Waals surface area (Å²) >= 11 is 1.83. The number of rotatable bonds is 5. The van der Waals surface area contributed by atoms with Gasteiger partial charge in [0.25, 0.3) is 0 Å². The van der Waals surface area contributed by atoms with Gasteiger partial charge in [0, 0.05) is 23.7 Å². The fourth-order valence-corrected chi connectivity index (χ4v) is 4.11. The van der Waals surface area contributed by atoms with Crippen LogP contribution in [0, 0.1) is 6.92 Å². The van der Waals surface area contributed by atoms with Gasteiger partial charge in [-0.15, -0.1) is 11.3 Å². The summed E-state index contributed by atoms with van der Waals surface area (Å²) in [4.78, 5) is 7.42. The Hall–Kier alpha value is -0.450. The first-order chi connectivity index (χ1) is 9.57. The SMILES string of the molecule is CCCNC1(c2nc(C)cs2)CCCN(C(C)C)CC1. The van der Waals surface area contributed by atoms with E-state index >= 15 is 0 Å². The first-order valence-electron chi connectivity index (χ1n) is 7.99. The van der Waals surface area contributed by atoms with E-state index in [1.807, 2.05) is 11.3 Å². The van der Waals surface area contributed by atoms with Crippen molar-refractivity contribution in [3.8, 4) is 0 Å². The number of aromatic nitrogens is 1. The number of hydrogen-bond acceptors (Lipinski definition) is 4. The Labute approximate surface area is 127 Å². The van der Waals surface area contributed by atoms with Gasteiger partial charge in [-0.05, 0) is 59.5 Å². The molecular formula is C16H29N3S. The molecule has 0 radical (unpaired) electrons. The van der Waals surface area contributed by atoms with Crippen molar-refractivity contribution in [2.24, 2.45) is 0 Å². The Kier molecular flexibility index (Phi) is 5.58. The molecule has 0 bridgehead atoms. The molecule has 2 heterocycles. The molecule has 1 saturated heterocycles. The summed E-state index contributed by atoms with van der Waals surface area (Å²) < 4.78 is 0. The van der Waals surface area contributed by atoms with Crippen molar-refractivity contribution in [2.45, 2.75) is 65.0 Å². The predicted molar refractivity (Wildman–Crippen MR) is 87.4 cm³/mol. The summed E-state index contributed by atoms with van der Waals surface area (Å²) in [5.74, 6) is 0. The third-order valence-electron chi connectivity index (χ3n) is 4.35. The van der Waals surface area contributed by atoms with Crippen molar-refractivity contribution < 1.29 is 0 Å². The average molecular weight is 295 g/mol. The minimum Gasteiger partial charge on any atom is -0.305 e. The number of nitrogens with one attached hydrogen (secondary N) is 1. The van der Waals surface area contributed by atoms with E-state index in [0.29, 0.717) is 6.04 Å². The summed E-state index contributed by atoms with van der Waals surface area (Å²) in [5.41, 5.74) is 1.27. The van der Waals surface area contributed by atoms with Gasteiger partial charge < -0.3 is 10.2 Å². The van der Waals surface area contributed by atoms with E-state index in [2.05, 4.69) is 43.3 Å². The minimum atomic E-state index is 0.110. The van der Waals surface area contributed by atoms with Gasteiger partial charge in [0.2, 0.25) is 0 Å². The molecule has 0 saturated carbocycles. The van der Waals surface area contributed by atoms with Crippen LogP contribution in [0.3, 0.4) is 0 Å². The Morgan fingerprint density at radius 2 is 2.20 bits per heavy atom. The number of nitrogens with zero attached hydrogens (tertiary/aromatic N) is 2. The Balaban J connectivity index is 2.19. The van der Waals surface area contributed by atoms with E-state index in [9.17, 15) is 0 Å². The van der Waals surface area contributed by atoms with Gasteiger partial charge >= 0.3 is 0 Å². The maximum Gasteiger partial charge on any atom is 0.113 e. The van der Waals surface area contributed by atoms with Crippen LogP contribution in [0.25, 0.3) is 0 Å². The molecule has 0 amide bonds. The average Bonchev–Trinajstić information content (AvgIpc) is 2.74. The highest BCUT2D eigenvalue weighted by Gasteiger charge is 2.36. The monoisotopic (exact) mass is 295 g/mol. The standard InChI is InChI=1S/C16H29N3S/c1-5-9-17-16(15-18-14(4)12-20-15)7-6-10-19(11-8-16)13(2)3/h12-13,17H,5-11H2,1-4H3. The summed E-state index contributed by atoms with van der Waals surface area (Å²) in [6.45, 7) is 12.4. The van der Waals surface area contributed by atoms with Crippen molar-refractivity contribution in [3.63, 3.8) is 0 Å². The quantitative estimate of drug-likeness (QED) is 0.900. The fraction of sp³-hybridized carbons (Fsp3) is 0.812. The molecule has 1 aromatic heterocycles. The summed E-state index contributed by atoms with van der Waals surface area (Å²) in [5, 5.41) is 7.33. The Morgan fingerprint density at radius 3 is 2.80 bits per heavy atom. The molecule has 1 atom stereocenters. The zero-order valence-corrected chi connectivity index (χ0v) is 14.2. The second-order valence-electron chi connectivity index (χ2n) is 6.29. The van der Waals surface area contributed by atoms with Crippen LogP contribution in [0.4, 0.5) is 0 Å². The topological polar surface area (TPSA) is 28.2 Å². The van der Waals surface area contributed by atoms with Crippen molar-refractivity contribution in [1.29, 1.82) is 0 Å². The maximum atomic E-state index is 4.81. The van der Waals surface area contributed by atoms with Crippen LogP contribution in [0.1, 0.15) is 57.2 Å². The zero-order valence-electron chi connectivity index (χ0n) is 13.4. The molecule has 20 heavy (non-hydrogen) atoms. The van der Waals surface area contributed by atoms with Crippen LogP contribution in [0.2, 0.25) is 0 Å². The van der Waals surface area contributed by atoms with Crippen molar-refractivity contribution in [1.82, 2.24) is 15.2 Å². The third kappa shape index (κ3) is 3.60. The second kappa shape index (κ2) is 7.01. The predicted octanol–water partition coefficient (Wildman–Crippen LogP) is 3.54. The molecule has 1 fully saturated rings. The number of aryl methyl sites for hydroxylation is 1. The molecule has 4 heteroatoms. The minimum absolute atomic E-state index is 0.110. The lowest BCUT2D eigenvalue weighted by Gasteiger charge is -2.32. The van der Waals surface area contributed by atoms with Gasteiger partial charge in [-0.25, -0.2) is 4.98 Å². The third-order valence-corrected chi connectivity index (χ3v) is 5.51. The van der Waals surface area contributed by atoms with E-state index in [4.69, 9.17) is 4.98 Å². The van der Waals surface area contributed by atoms with Crippen LogP contribution < -0.4 is 5.32 Å². The second-order valence-corrected chi connectivity index (χ2v) is 7.14. The van der Waals surface area contributed by atoms with Gasteiger partial charge in [-0.3, -0.25) is 0 Å². The molecule has 1 aromatic rings. The van der Waals surface area contributed by atoms with Gasteiger partial charge in [0.05, 0.1) is 5.54 Å². The highest BCUT2D eigenvalue weighted by atomic mass is 32.1. The van der Waals surface area contributed by atoms with Crippen LogP contribution in [0.5, 0.6) is 0 Å². The fourth-order valence-electron chi connectivity index (χ4n) is 3.08. The molecular weight excluding hydrogens is 266 g/mol. The van der Waals surface area contributed by atoms with Gasteiger partial charge in [0.15, 0.2) is 0 Å². The van der Waals surface area contributed by atoms with Gasteiger partial charge in [-0.1, -0.05) is 6.92 Å². The van der Waals surface area contributed by atoms with E-state index in [0.717, 1.165) is 12.2 Å². The molecule has 1 N–H and O–H groups in total. The zero-order chi connectivity index (χ0) is 14.6. The highest BCUT2D eigenvalue weighted by Crippen LogP contribution is 2.35. The van der Waals surface area contributed by atoms with E-state index in [1.165, 1.54) is 43.8 Å². The Bertz CT molecular complexity index is 416. The smallest absolute Gasteiger partial charge is 0.113 e. The molecule has 1 aliphatic heterocycles. The number of likely N-dealkylation sites (tertiary alicyclic amines) is 1. The van der Waals surface area contributed by atoms with E-state index in [1.54, 1.807) is 0 Å². The Morgan fingerprint density at radius 1 is 1.40 bits per heavy atom. The first-order valence-corrected chi connectivity index (χ1v) is 8.87. The lowest BCUT2D eigenvalue weighted by molar-refractivity contribution is 0.217. The molecule has 2 rings (SSSR count). The van der Waals surface area contributed by atoms with Crippen molar-refractivity contribution >= 4 is 11.3 Å². The number of thiazole rings is 1. The molecule has 0 spiro atoms. The van der Waals surface area contributed by atoms with Crippen molar-refractivity contribution in [2.75, 3.05) is 19.6 Å². The summed E-state index contributed by atoms with van der Waals surface area (Å²) in [7, 11) is 0. The summed E-state index contributed by atoms with van der Waals surface area (Å²) in [6, 6.07) is 0.648. The lowest BCUT2D eigenvalue weighted by Crippen LogP contribution is -2.44. The van der Waals surface area contributed by atoms with Crippen LogP contribution >= 0.6 is 11.3 Å². The van der Waals surface area contributed by atoms with Gasteiger partial charge in [-0.2, -0.15) is 0 Å². The van der Waals surface area contributed by atoms with Gasteiger partial charge in [0.1, 0.15) is 5.01 Å². The van der Waals surface area contributed by atoms with Crippen molar-refractivity contribution in [3.05, 3.63) is 16.1 Å². The van der Waals surface area contributed by atoms with E-state index in [-0.39, 0.29) is 5.54 Å². The molecule has 114 valence electrons. The van der Waals surface area contributed by atoms with Crippen LogP contribution in [0.15, 0.2) is 5.38 Å². The molecule has 1 aliphatic rings. The van der Waals surface area contributed by atoms with Crippen LogP contribution in [-0.4, -0.2) is 35.6 Å². The molecule has 0 aromatic carbocycles. The molecule has 0 aliphatic carbocycles. The first kappa shape index (κ1) is 15.9. The van der Waals surface area contributed by atoms with Crippen LogP contribution in [-0.2, 0) is 5.54 Å². The summed E-state index contributed by atoms with van der Waals surface area (Å²) in [6.07, 6.45) is 4.83. The largest absolute Gasteiger partial charge is 0.305 e. The number of hydrogen-bond donors (Lipinski definition) is 1. The molecule has 3 nitrogen and oxygen atoms in total.